The smallest absolute Gasteiger partial charge is 0.408 e. The molecule has 1 aliphatic rings. The molecule has 1 aromatic heterocycles. The number of hydrogen-bond acceptors (Lipinski definition) is 6. The average molecular weight is 435 g/mol. The number of carbonyl (C=O) groups excluding carboxylic acids is 2. The van der Waals surface area contributed by atoms with Gasteiger partial charge < -0.3 is 19.2 Å². The van der Waals surface area contributed by atoms with E-state index in [1.807, 2.05) is 6.07 Å². The Balaban J connectivity index is 1.60. The maximum Gasteiger partial charge on any atom is 0.408 e. The quantitative estimate of drug-likeness (QED) is 0.370. The number of hydrogen-bond donors (Lipinski definition) is 1. The maximum absolute atomic E-state index is 13.0. The number of nitrogens with one attached hydrogen (secondary N) is 1. The Morgan fingerprint density at radius 2 is 1.75 bits per heavy atom. The standard InChI is InChI=1S/C25H25NO6/c1-25(2,3)32-24(29)26-21(15-8-5-4-6-9-15)23(28)30-16-12-13-18-17-10-7-11-19(17)22(27)31-20(18)14-16/h4-6,8-9,12-14,21H,7,10-11H2,1-3H3,(H,26,29). The van der Waals surface area contributed by atoms with E-state index in [9.17, 15) is 14.4 Å². The number of benzene rings is 2. The van der Waals surface area contributed by atoms with Gasteiger partial charge in [0.25, 0.3) is 0 Å². The third-order valence-corrected chi connectivity index (χ3v) is 5.19. The van der Waals surface area contributed by atoms with Crippen molar-refractivity contribution < 1.29 is 23.5 Å². The second kappa shape index (κ2) is 8.49. The number of aryl methyl sites for hydroxylation is 1. The molecule has 1 heterocycles. The summed E-state index contributed by atoms with van der Waals surface area (Å²) in [6.07, 6.45) is 1.74. The van der Waals surface area contributed by atoms with Crippen LogP contribution in [0.2, 0.25) is 0 Å². The molecule has 1 N–H and O–H groups in total. The van der Waals surface area contributed by atoms with E-state index in [0.29, 0.717) is 11.1 Å². The molecule has 0 bridgehead atoms. The van der Waals surface area contributed by atoms with Gasteiger partial charge >= 0.3 is 17.7 Å². The summed E-state index contributed by atoms with van der Waals surface area (Å²) in [4.78, 5) is 37.6. The molecule has 0 fully saturated rings. The molecule has 1 atom stereocenters. The highest BCUT2D eigenvalue weighted by atomic mass is 16.6. The van der Waals surface area contributed by atoms with Crippen molar-refractivity contribution in [1.29, 1.82) is 0 Å². The lowest BCUT2D eigenvalue weighted by molar-refractivity contribution is -0.137. The predicted octanol–water partition coefficient (Wildman–Crippen LogP) is 4.45. The zero-order chi connectivity index (χ0) is 22.9. The van der Waals surface area contributed by atoms with Gasteiger partial charge in [-0.25, -0.2) is 14.4 Å². The van der Waals surface area contributed by atoms with Crippen LogP contribution in [0, 0.1) is 0 Å². The number of rotatable bonds is 4. The summed E-state index contributed by atoms with van der Waals surface area (Å²) in [6.45, 7) is 5.21. The van der Waals surface area contributed by atoms with Gasteiger partial charge in [-0.2, -0.15) is 0 Å². The minimum Gasteiger partial charge on any atom is -0.444 e. The van der Waals surface area contributed by atoms with Gasteiger partial charge in [-0.3, -0.25) is 0 Å². The number of esters is 1. The van der Waals surface area contributed by atoms with Gasteiger partial charge in [0, 0.05) is 17.0 Å². The molecule has 3 aromatic rings. The number of carbonyl (C=O) groups is 2. The van der Waals surface area contributed by atoms with Crippen LogP contribution in [0.1, 0.15) is 49.9 Å². The number of fused-ring (bicyclic) bond motifs is 3. The molecule has 0 radical (unpaired) electrons. The molecule has 1 amide bonds. The Labute approximate surface area is 185 Å². The van der Waals surface area contributed by atoms with Crippen LogP contribution in [-0.2, 0) is 22.4 Å². The fourth-order valence-electron chi connectivity index (χ4n) is 3.85. The van der Waals surface area contributed by atoms with Crippen molar-refractivity contribution in [2.24, 2.45) is 0 Å². The molecule has 1 unspecified atom stereocenters. The third-order valence-electron chi connectivity index (χ3n) is 5.19. The zero-order valence-electron chi connectivity index (χ0n) is 18.3. The molecule has 32 heavy (non-hydrogen) atoms. The van der Waals surface area contributed by atoms with Crippen molar-refractivity contribution in [3.63, 3.8) is 0 Å². The van der Waals surface area contributed by atoms with Crippen LogP contribution in [0.4, 0.5) is 4.79 Å². The number of alkyl carbamates (subject to hydrolysis) is 1. The lowest BCUT2D eigenvalue weighted by atomic mass is 10.1. The molecule has 0 aliphatic heterocycles. The molecular formula is C25H25NO6. The fourth-order valence-corrected chi connectivity index (χ4v) is 3.85. The second-order valence-corrected chi connectivity index (χ2v) is 8.77. The van der Waals surface area contributed by atoms with Crippen molar-refractivity contribution in [3.05, 3.63) is 75.6 Å². The first-order valence-corrected chi connectivity index (χ1v) is 10.6. The Morgan fingerprint density at radius 3 is 2.47 bits per heavy atom. The summed E-state index contributed by atoms with van der Waals surface area (Å²) < 4.78 is 16.3. The second-order valence-electron chi connectivity index (χ2n) is 8.77. The van der Waals surface area contributed by atoms with Crippen LogP contribution in [0.5, 0.6) is 5.75 Å². The molecule has 7 heteroatoms. The first-order chi connectivity index (χ1) is 15.2. The first-order valence-electron chi connectivity index (χ1n) is 10.6. The molecule has 2 aromatic carbocycles. The fraction of sp³-hybridized carbons (Fsp3) is 0.320. The Kier molecular flexibility index (Phi) is 5.74. The van der Waals surface area contributed by atoms with E-state index < -0.39 is 23.7 Å². The van der Waals surface area contributed by atoms with Crippen LogP contribution < -0.4 is 15.7 Å². The number of amides is 1. The normalized spacial score (nSPS) is 14.0. The summed E-state index contributed by atoms with van der Waals surface area (Å²) in [7, 11) is 0. The lowest BCUT2D eigenvalue weighted by Crippen LogP contribution is -2.39. The Morgan fingerprint density at radius 1 is 1.03 bits per heavy atom. The lowest BCUT2D eigenvalue weighted by Gasteiger charge is -2.23. The van der Waals surface area contributed by atoms with Crippen molar-refractivity contribution in [2.75, 3.05) is 0 Å². The topological polar surface area (TPSA) is 94.8 Å². The molecular weight excluding hydrogens is 410 g/mol. The molecule has 0 spiro atoms. The van der Waals surface area contributed by atoms with Gasteiger partial charge in [-0.15, -0.1) is 0 Å². The van der Waals surface area contributed by atoms with Gasteiger partial charge in [0.2, 0.25) is 0 Å². The van der Waals surface area contributed by atoms with Gasteiger partial charge in [-0.05, 0) is 63.3 Å². The summed E-state index contributed by atoms with van der Waals surface area (Å²) in [5.74, 6) is -0.472. The van der Waals surface area contributed by atoms with Crippen LogP contribution in [0.15, 0.2) is 57.7 Å². The van der Waals surface area contributed by atoms with E-state index >= 15 is 0 Å². The van der Waals surface area contributed by atoms with Crippen molar-refractivity contribution >= 4 is 23.0 Å². The maximum atomic E-state index is 13.0. The summed E-state index contributed by atoms with van der Waals surface area (Å²) in [5, 5.41) is 3.43. The molecule has 7 nitrogen and oxygen atoms in total. The molecule has 0 saturated heterocycles. The van der Waals surface area contributed by atoms with Crippen LogP contribution in [-0.4, -0.2) is 17.7 Å². The Bertz CT molecular complexity index is 1220. The molecule has 166 valence electrons. The van der Waals surface area contributed by atoms with E-state index in [1.165, 1.54) is 6.07 Å². The first kappa shape index (κ1) is 21.6. The van der Waals surface area contributed by atoms with Gasteiger partial charge in [0.05, 0.1) is 0 Å². The number of ether oxygens (including phenoxy) is 2. The Hall–Kier alpha value is -3.61. The van der Waals surface area contributed by atoms with E-state index in [4.69, 9.17) is 13.9 Å². The minimum absolute atomic E-state index is 0.218. The average Bonchev–Trinajstić information content (AvgIpc) is 3.22. The van der Waals surface area contributed by atoms with Crippen molar-refractivity contribution in [2.45, 2.75) is 51.7 Å². The summed E-state index contributed by atoms with van der Waals surface area (Å²) in [5.41, 5.74) is 1.59. The highest BCUT2D eigenvalue weighted by Crippen LogP contribution is 2.30. The van der Waals surface area contributed by atoms with Crippen molar-refractivity contribution in [1.82, 2.24) is 5.32 Å². The van der Waals surface area contributed by atoms with E-state index in [1.54, 1.807) is 57.2 Å². The van der Waals surface area contributed by atoms with Gasteiger partial charge in [0.1, 0.15) is 16.9 Å². The van der Waals surface area contributed by atoms with Crippen LogP contribution in [0.3, 0.4) is 0 Å². The van der Waals surface area contributed by atoms with Gasteiger partial charge in [-0.1, -0.05) is 30.3 Å². The zero-order valence-corrected chi connectivity index (χ0v) is 18.3. The predicted molar refractivity (Wildman–Crippen MR) is 119 cm³/mol. The molecule has 0 saturated carbocycles. The highest BCUT2D eigenvalue weighted by molar-refractivity contribution is 5.87. The monoisotopic (exact) mass is 435 g/mol. The van der Waals surface area contributed by atoms with Crippen LogP contribution >= 0.6 is 0 Å². The minimum atomic E-state index is -1.08. The summed E-state index contributed by atoms with van der Waals surface area (Å²) in [6, 6.07) is 12.7. The highest BCUT2D eigenvalue weighted by Gasteiger charge is 2.28. The van der Waals surface area contributed by atoms with Gasteiger partial charge in [0.15, 0.2) is 6.04 Å². The SMILES string of the molecule is CC(C)(C)OC(=O)NC(C(=O)Oc1ccc2c3c(c(=O)oc2c1)CCC3)c1ccccc1. The van der Waals surface area contributed by atoms with E-state index in [0.717, 1.165) is 35.8 Å². The summed E-state index contributed by atoms with van der Waals surface area (Å²) >= 11 is 0. The largest absolute Gasteiger partial charge is 0.444 e. The van der Waals surface area contributed by atoms with E-state index in [-0.39, 0.29) is 11.4 Å². The molecule has 1 aliphatic carbocycles. The van der Waals surface area contributed by atoms with Crippen LogP contribution in [0.25, 0.3) is 11.0 Å². The van der Waals surface area contributed by atoms with E-state index in [2.05, 4.69) is 5.32 Å². The third kappa shape index (κ3) is 4.66. The molecule has 4 rings (SSSR count). The van der Waals surface area contributed by atoms with Crippen molar-refractivity contribution in [3.8, 4) is 5.75 Å².